The molecule has 2 atom stereocenters. The van der Waals surface area contributed by atoms with Crippen LogP contribution in [0.15, 0.2) is 0 Å². The van der Waals surface area contributed by atoms with Crippen molar-refractivity contribution < 1.29 is 9.53 Å². The third-order valence-corrected chi connectivity index (χ3v) is 4.62. The molecule has 19 heavy (non-hydrogen) atoms. The number of amides is 1. The Bertz CT molecular complexity index is 288. The van der Waals surface area contributed by atoms with Gasteiger partial charge in [0.2, 0.25) is 5.91 Å². The summed E-state index contributed by atoms with van der Waals surface area (Å²) in [5, 5.41) is 0. The van der Waals surface area contributed by atoms with E-state index in [2.05, 4.69) is 4.90 Å². The number of hydrogen-bond acceptors (Lipinski definition) is 3. The highest BCUT2D eigenvalue weighted by molar-refractivity contribution is 5.79. The zero-order valence-electron chi connectivity index (χ0n) is 12.1. The maximum Gasteiger partial charge on any atom is 0.225 e. The Hall–Kier alpha value is -0.610. The van der Waals surface area contributed by atoms with Gasteiger partial charge in [-0.25, -0.2) is 0 Å². The van der Waals surface area contributed by atoms with Crippen LogP contribution in [0, 0.1) is 11.8 Å². The normalized spacial score (nSPS) is 29.5. The molecule has 1 saturated heterocycles. The minimum Gasteiger partial charge on any atom is -0.378 e. The summed E-state index contributed by atoms with van der Waals surface area (Å²) in [6.45, 7) is 5.28. The number of nitrogens with zero attached hydrogens (tertiary/aromatic N) is 1. The van der Waals surface area contributed by atoms with Crippen LogP contribution in [0.2, 0.25) is 0 Å². The van der Waals surface area contributed by atoms with Gasteiger partial charge in [-0.2, -0.15) is 0 Å². The molecule has 1 heterocycles. The highest BCUT2D eigenvalue weighted by Gasteiger charge is 2.31. The van der Waals surface area contributed by atoms with Crippen LogP contribution in [0.4, 0.5) is 0 Å². The second kappa shape index (κ2) is 7.25. The number of likely N-dealkylation sites (tertiary alicyclic amines) is 1. The van der Waals surface area contributed by atoms with Gasteiger partial charge < -0.3 is 15.4 Å². The minimum absolute atomic E-state index is 0.228. The third kappa shape index (κ3) is 3.93. The van der Waals surface area contributed by atoms with Crippen LogP contribution in [0.3, 0.4) is 0 Å². The van der Waals surface area contributed by atoms with Gasteiger partial charge in [-0.1, -0.05) is 6.42 Å². The van der Waals surface area contributed by atoms with Crippen LogP contribution < -0.4 is 5.73 Å². The van der Waals surface area contributed by atoms with Gasteiger partial charge in [-0.05, 0) is 51.5 Å². The minimum atomic E-state index is 0.228. The predicted octanol–water partition coefficient (Wildman–Crippen LogP) is 1.78. The maximum atomic E-state index is 12.5. The number of carbonyl (C=O) groups is 1. The summed E-state index contributed by atoms with van der Waals surface area (Å²) < 4.78 is 5.64. The van der Waals surface area contributed by atoms with E-state index in [0.717, 1.165) is 58.3 Å². The van der Waals surface area contributed by atoms with Crippen LogP contribution in [-0.2, 0) is 9.53 Å². The van der Waals surface area contributed by atoms with Crippen molar-refractivity contribution >= 4 is 5.91 Å². The second-order valence-electron chi connectivity index (χ2n) is 5.95. The molecule has 0 aromatic carbocycles. The van der Waals surface area contributed by atoms with Gasteiger partial charge in [0.05, 0.1) is 6.10 Å². The lowest BCUT2D eigenvalue weighted by Gasteiger charge is -2.36. The van der Waals surface area contributed by atoms with Crippen LogP contribution in [0.25, 0.3) is 0 Å². The maximum absolute atomic E-state index is 12.5. The smallest absolute Gasteiger partial charge is 0.225 e. The summed E-state index contributed by atoms with van der Waals surface area (Å²) in [5.74, 6) is 1.16. The monoisotopic (exact) mass is 268 g/mol. The van der Waals surface area contributed by atoms with E-state index in [9.17, 15) is 4.79 Å². The fourth-order valence-corrected chi connectivity index (χ4v) is 3.47. The van der Waals surface area contributed by atoms with Crippen LogP contribution in [0.1, 0.15) is 45.4 Å². The number of ether oxygens (including phenoxy) is 1. The number of piperidine rings is 1. The summed E-state index contributed by atoms with van der Waals surface area (Å²) in [6.07, 6.45) is 6.76. The Morgan fingerprint density at radius 2 is 2.00 bits per heavy atom. The summed E-state index contributed by atoms with van der Waals surface area (Å²) in [7, 11) is 0. The molecule has 2 fully saturated rings. The molecule has 1 aliphatic heterocycles. The number of nitrogens with two attached hydrogens (primary N) is 1. The molecular formula is C15H28N2O2. The average molecular weight is 268 g/mol. The van der Waals surface area contributed by atoms with Gasteiger partial charge in [-0.3, -0.25) is 4.79 Å². The molecule has 0 aromatic rings. The van der Waals surface area contributed by atoms with E-state index in [-0.39, 0.29) is 5.92 Å². The van der Waals surface area contributed by atoms with E-state index in [1.165, 1.54) is 6.42 Å². The van der Waals surface area contributed by atoms with Crippen molar-refractivity contribution in [1.29, 1.82) is 0 Å². The Kier molecular flexibility index (Phi) is 5.64. The Balaban J connectivity index is 1.80. The molecule has 0 radical (unpaired) electrons. The summed E-state index contributed by atoms with van der Waals surface area (Å²) in [5.41, 5.74) is 5.75. The first-order valence-electron chi connectivity index (χ1n) is 7.85. The first-order chi connectivity index (χ1) is 9.24. The molecule has 2 rings (SSSR count). The molecule has 0 bridgehead atoms. The van der Waals surface area contributed by atoms with Gasteiger partial charge in [0, 0.05) is 25.6 Å². The molecule has 2 aliphatic rings. The van der Waals surface area contributed by atoms with Gasteiger partial charge in [0.25, 0.3) is 0 Å². The van der Waals surface area contributed by atoms with Crippen LogP contribution in [0.5, 0.6) is 0 Å². The lowest BCUT2D eigenvalue weighted by molar-refractivity contribution is -0.139. The average Bonchev–Trinajstić information content (AvgIpc) is 2.48. The second-order valence-corrected chi connectivity index (χ2v) is 5.95. The molecule has 1 saturated carbocycles. The van der Waals surface area contributed by atoms with Crippen LogP contribution >= 0.6 is 0 Å². The predicted molar refractivity (Wildman–Crippen MR) is 75.7 cm³/mol. The van der Waals surface area contributed by atoms with E-state index in [1.54, 1.807) is 0 Å². The van der Waals surface area contributed by atoms with Crippen LogP contribution in [-0.4, -0.2) is 43.2 Å². The van der Waals surface area contributed by atoms with Gasteiger partial charge in [0.15, 0.2) is 0 Å². The van der Waals surface area contributed by atoms with Crippen molar-refractivity contribution in [2.24, 2.45) is 17.6 Å². The SMILES string of the molecule is CCOC1CCN(C(=O)C2CCCC(CN)C2)CC1. The molecule has 2 N–H and O–H groups in total. The topological polar surface area (TPSA) is 55.6 Å². The number of carbonyl (C=O) groups excluding carboxylic acids is 1. The van der Waals surface area contributed by atoms with E-state index in [4.69, 9.17) is 10.5 Å². The van der Waals surface area contributed by atoms with E-state index in [0.29, 0.717) is 17.9 Å². The van der Waals surface area contributed by atoms with Crippen molar-refractivity contribution in [3.05, 3.63) is 0 Å². The lowest BCUT2D eigenvalue weighted by atomic mass is 9.80. The quantitative estimate of drug-likeness (QED) is 0.845. The Labute approximate surface area is 116 Å². The van der Waals surface area contributed by atoms with Crippen molar-refractivity contribution in [3.63, 3.8) is 0 Å². The van der Waals surface area contributed by atoms with Crippen molar-refractivity contribution in [2.45, 2.75) is 51.6 Å². The summed E-state index contributed by atoms with van der Waals surface area (Å²) >= 11 is 0. The molecule has 110 valence electrons. The molecule has 1 amide bonds. The van der Waals surface area contributed by atoms with Gasteiger partial charge >= 0.3 is 0 Å². The first-order valence-corrected chi connectivity index (χ1v) is 7.85. The van der Waals surface area contributed by atoms with Crippen molar-refractivity contribution in [2.75, 3.05) is 26.2 Å². The van der Waals surface area contributed by atoms with Gasteiger partial charge in [0.1, 0.15) is 0 Å². The molecule has 1 aliphatic carbocycles. The molecule has 0 spiro atoms. The Morgan fingerprint density at radius 1 is 1.26 bits per heavy atom. The standard InChI is InChI=1S/C15H28N2O2/c1-2-19-14-6-8-17(9-7-14)15(18)13-5-3-4-12(10-13)11-16/h12-14H,2-11,16H2,1H3. The highest BCUT2D eigenvalue weighted by atomic mass is 16.5. The number of hydrogen-bond donors (Lipinski definition) is 1. The first kappa shape index (κ1) is 14.8. The Morgan fingerprint density at radius 3 is 2.63 bits per heavy atom. The van der Waals surface area contributed by atoms with Crippen molar-refractivity contribution in [1.82, 2.24) is 4.90 Å². The van der Waals surface area contributed by atoms with Gasteiger partial charge in [-0.15, -0.1) is 0 Å². The zero-order chi connectivity index (χ0) is 13.7. The molecule has 4 heteroatoms. The highest BCUT2D eigenvalue weighted by Crippen LogP contribution is 2.30. The lowest BCUT2D eigenvalue weighted by Crippen LogP contribution is -2.44. The zero-order valence-corrected chi connectivity index (χ0v) is 12.1. The molecular weight excluding hydrogens is 240 g/mol. The largest absolute Gasteiger partial charge is 0.378 e. The van der Waals surface area contributed by atoms with E-state index >= 15 is 0 Å². The van der Waals surface area contributed by atoms with E-state index < -0.39 is 0 Å². The molecule has 0 aromatic heterocycles. The number of rotatable bonds is 4. The fraction of sp³-hybridized carbons (Fsp3) is 0.933. The van der Waals surface area contributed by atoms with E-state index in [1.807, 2.05) is 6.92 Å². The summed E-state index contributed by atoms with van der Waals surface area (Å²) in [6, 6.07) is 0. The fourth-order valence-electron chi connectivity index (χ4n) is 3.47. The molecule has 2 unspecified atom stereocenters. The molecule has 4 nitrogen and oxygen atoms in total. The third-order valence-electron chi connectivity index (χ3n) is 4.62. The summed E-state index contributed by atoms with van der Waals surface area (Å²) in [4.78, 5) is 14.6. The van der Waals surface area contributed by atoms with Crippen molar-refractivity contribution in [3.8, 4) is 0 Å².